The highest BCUT2D eigenvalue weighted by Gasteiger charge is 2.48. The quantitative estimate of drug-likeness (QED) is 0.728. The third-order valence-corrected chi connectivity index (χ3v) is 6.24. The Kier molecular flexibility index (Phi) is 4.22. The van der Waals surface area contributed by atoms with Crippen LogP contribution in [0.2, 0.25) is 0 Å². The Bertz CT molecular complexity index is 1340. The molecule has 1 atom stereocenters. The molecule has 1 unspecified atom stereocenters. The van der Waals surface area contributed by atoms with Crippen molar-refractivity contribution in [1.82, 2.24) is 0 Å². The lowest BCUT2D eigenvalue weighted by Gasteiger charge is -2.39. The number of phenolic OH excluding ortho intramolecular Hbond substituents is 1. The van der Waals surface area contributed by atoms with Crippen molar-refractivity contribution < 1.29 is 24.2 Å². The molecule has 0 saturated carbocycles. The van der Waals surface area contributed by atoms with E-state index in [4.69, 9.17) is 10.00 Å². The van der Waals surface area contributed by atoms with Gasteiger partial charge in [0, 0.05) is 35.5 Å². The molecule has 1 N–H and O–H groups in total. The van der Waals surface area contributed by atoms with E-state index < -0.39 is 17.5 Å². The number of hydrogen-bond acceptors (Lipinski definition) is 6. The number of carbonyl (C=O) groups excluding carboxylic acids is 3. The maximum absolute atomic E-state index is 13.6. The number of carbonyl (C=O) groups is 3. The lowest BCUT2D eigenvalue weighted by atomic mass is 9.67. The van der Waals surface area contributed by atoms with Gasteiger partial charge in [0.2, 0.25) is 5.78 Å². The summed E-state index contributed by atoms with van der Waals surface area (Å²) in [5, 5.41) is 19.1. The fourth-order valence-electron chi connectivity index (χ4n) is 4.82. The number of hydrogen-bond donors (Lipinski definition) is 1. The molecule has 32 heavy (non-hydrogen) atoms. The first-order chi connectivity index (χ1) is 15.2. The van der Waals surface area contributed by atoms with E-state index in [0.717, 1.165) is 0 Å². The molecule has 6 heteroatoms. The highest BCUT2D eigenvalue weighted by atomic mass is 16.5. The highest BCUT2D eigenvalue weighted by Crippen LogP contribution is 2.51. The minimum atomic E-state index is -0.781. The van der Waals surface area contributed by atoms with Gasteiger partial charge in [-0.15, -0.1) is 0 Å². The largest absolute Gasteiger partial charge is 0.508 e. The summed E-state index contributed by atoms with van der Waals surface area (Å²) in [5.41, 5.74) is 1.47. The van der Waals surface area contributed by atoms with Crippen molar-refractivity contribution in [3.05, 3.63) is 87.4 Å². The van der Waals surface area contributed by atoms with Gasteiger partial charge in [-0.2, -0.15) is 5.26 Å². The van der Waals surface area contributed by atoms with Crippen LogP contribution in [0.25, 0.3) is 0 Å². The normalized spacial score (nSPS) is 21.4. The summed E-state index contributed by atoms with van der Waals surface area (Å²) in [6.07, 6.45) is 0.756. The maximum Gasteiger partial charge on any atom is 0.229 e. The minimum absolute atomic E-state index is 0.0631. The molecule has 5 rings (SSSR count). The van der Waals surface area contributed by atoms with Crippen molar-refractivity contribution in [1.29, 1.82) is 5.26 Å². The number of nitrogens with zero attached hydrogens (tertiary/aromatic N) is 1. The zero-order chi connectivity index (χ0) is 22.8. The Morgan fingerprint density at radius 2 is 1.69 bits per heavy atom. The Morgan fingerprint density at radius 3 is 2.38 bits per heavy atom. The van der Waals surface area contributed by atoms with E-state index in [1.807, 2.05) is 13.8 Å². The van der Waals surface area contributed by atoms with E-state index in [1.165, 1.54) is 18.2 Å². The maximum atomic E-state index is 13.6. The van der Waals surface area contributed by atoms with Crippen LogP contribution in [0.15, 0.2) is 65.1 Å². The number of rotatable bonds is 1. The standard InChI is InChI=1S/C26H19NO5/c1-26(2)10-18(29)21-19(11-26)32-25-22(20(21)14-5-3-13(12-27)4-6-14)23(30)17-9-15(28)7-8-16(17)24(25)31/h3-9,20,28H,10-11H2,1-2H3. The lowest BCUT2D eigenvalue weighted by Crippen LogP contribution is -2.37. The van der Waals surface area contributed by atoms with Crippen LogP contribution < -0.4 is 0 Å². The molecule has 0 saturated heterocycles. The molecule has 2 aliphatic carbocycles. The number of phenols is 1. The van der Waals surface area contributed by atoms with Gasteiger partial charge in [-0.05, 0) is 41.3 Å². The number of ether oxygens (including phenoxy) is 1. The molecule has 2 aromatic rings. The number of benzene rings is 2. The molecular formula is C26H19NO5. The van der Waals surface area contributed by atoms with E-state index >= 15 is 0 Å². The SMILES string of the molecule is CC1(C)CC(=O)C2=C(C1)OC1=C(C(=O)c3cc(O)ccc3C1=O)C2c1ccc(C#N)cc1. The lowest BCUT2D eigenvalue weighted by molar-refractivity contribution is -0.119. The summed E-state index contributed by atoms with van der Waals surface area (Å²) in [5.74, 6) is -1.58. The second-order valence-electron chi connectivity index (χ2n) is 9.18. The average Bonchev–Trinajstić information content (AvgIpc) is 2.75. The predicted molar refractivity (Wildman–Crippen MR) is 114 cm³/mol. The van der Waals surface area contributed by atoms with Crippen LogP contribution in [-0.2, 0) is 9.53 Å². The van der Waals surface area contributed by atoms with Crippen molar-refractivity contribution in [3.63, 3.8) is 0 Å². The number of allylic oxidation sites excluding steroid dienone is 4. The molecule has 1 aliphatic heterocycles. The van der Waals surface area contributed by atoms with Gasteiger partial charge in [0.1, 0.15) is 11.5 Å². The molecule has 0 amide bonds. The molecule has 6 nitrogen and oxygen atoms in total. The van der Waals surface area contributed by atoms with Crippen molar-refractivity contribution in [2.45, 2.75) is 32.6 Å². The fourth-order valence-corrected chi connectivity index (χ4v) is 4.82. The second kappa shape index (κ2) is 6.76. The number of ketones is 3. The van der Waals surface area contributed by atoms with Crippen LogP contribution in [0.3, 0.4) is 0 Å². The van der Waals surface area contributed by atoms with Gasteiger partial charge in [-0.25, -0.2) is 0 Å². The van der Waals surface area contributed by atoms with Gasteiger partial charge < -0.3 is 9.84 Å². The Labute approximate surface area is 184 Å². The number of Topliss-reactive ketones (excluding diaryl/α,β-unsaturated/α-hetero) is 3. The molecule has 3 aliphatic rings. The Hall–Kier alpha value is -3.98. The molecule has 158 valence electrons. The van der Waals surface area contributed by atoms with Gasteiger partial charge in [-0.1, -0.05) is 26.0 Å². The zero-order valence-corrected chi connectivity index (χ0v) is 17.6. The highest BCUT2D eigenvalue weighted by molar-refractivity contribution is 6.28. The monoisotopic (exact) mass is 425 g/mol. The summed E-state index contributed by atoms with van der Waals surface area (Å²) in [4.78, 5) is 40.2. The molecule has 0 bridgehead atoms. The first-order valence-corrected chi connectivity index (χ1v) is 10.3. The van der Waals surface area contributed by atoms with E-state index in [-0.39, 0.29) is 39.4 Å². The molecule has 0 spiro atoms. The average molecular weight is 425 g/mol. The van der Waals surface area contributed by atoms with Crippen molar-refractivity contribution in [3.8, 4) is 11.8 Å². The van der Waals surface area contributed by atoms with Crippen LogP contribution in [0.1, 0.15) is 64.4 Å². The topological polar surface area (TPSA) is 104 Å². The molecule has 2 aromatic carbocycles. The summed E-state index contributed by atoms with van der Waals surface area (Å²) < 4.78 is 6.02. The van der Waals surface area contributed by atoms with Gasteiger partial charge in [0.25, 0.3) is 0 Å². The molecule has 0 radical (unpaired) electrons. The van der Waals surface area contributed by atoms with Gasteiger partial charge >= 0.3 is 0 Å². The van der Waals surface area contributed by atoms with Crippen LogP contribution >= 0.6 is 0 Å². The summed E-state index contributed by atoms with van der Waals surface area (Å²) in [6.45, 7) is 3.93. The van der Waals surface area contributed by atoms with Crippen LogP contribution in [0.5, 0.6) is 5.75 Å². The predicted octanol–water partition coefficient (Wildman–Crippen LogP) is 4.35. The number of nitriles is 1. The second-order valence-corrected chi connectivity index (χ2v) is 9.18. The first-order valence-electron chi connectivity index (χ1n) is 10.3. The summed E-state index contributed by atoms with van der Waals surface area (Å²) in [6, 6.07) is 12.7. The fraction of sp³-hybridized carbons (Fsp3) is 0.231. The Morgan fingerprint density at radius 1 is 0.969 bits per heavy atom. The summed E-state index contributed by atoms with van der Waals surface area (Å²) in [7, 11) is 0. The Balaban J connectivity index is 1.75. The molecule has 1 heterocycles. The zero-order valence-electron chi connectivity index (χ0n) is 17.6. The van der Waals surface area contributed by atoms with Gasteiger partial charge in [0.15, 0.2) is 17.3 Å². The van der Waals surface area contributed by atoms with Crippen LogP contribution in [0.4, 0.5) is 0 Å². The number of fused-ring (bicyclic) bond motifs is 1. The van der Waals surface area contributed by atoms with Gasteiger partial charge in [-0.3, -0.25) is 14.4 Å². The third-order valence-electron chi connectivity index (χ3n) is 6.24. The molecular weight excluding hydrogens is 406 g/mol. The number of aromatic hydroxyl groups is 1. The van der Waals surface area contributed by atoms with Crippen LogP contribution in [0, 0.1) is 16.7 Å². The van der Waals surface area contributed by atoms with Crippen molar-refractivity contribution in [2.24, 2.45) is 5.41 Å². The minimum Gasteiger partial charge on any atom is -0.508 e. The smallest absolute Gasteiger partial charge is 0.229 e. The molecule has 0 fully saturated rings. The molecule has 0 aromatic heterocycles. The van der Waals surface area contributed by atoms with Gasteiger partial charge in [0.05, 0.1) is 17.2 Å². The van der Waals surface area contributed by atoms with Crippen molar-refractivity contribution >= 4 is 17.3 Å². The van der Waals surface area contributed by atoms with E-state index in [2.05, 4.69) is 6.07 Å². The van der Waals surface area contributed by atoms with E-state index in [9.17, 15) is 19.5 Å². The van der Waals surface area contributed by atoms with Crippen LogP contribution in [-0.4, -0.2) is 22.5 Å². The van der Waals surface area contributed by atoms with Crippen molar-refractivity contribution in [2.75, 3.05) is 0 Å². The summed E-state index contributed by atoms with van der Waals surface area (Å²) >= 11 is 0. The van der Waals surface area contributed by atoms with E-state index in [0.29, 0.717) is 35.3 Å². The first kappa shape index (κ1) is 20.0. The third kappa shape index (κ3) is 2.89. The van der Waals surface area contributed by atoms with E-state index in [1.54, 1.807) is 24.3 Å².